The largest absolute Gasteiger partial charge is 0.433 e. The lowest BCUT2D eigenvalue weighted by molar-refractivity contribution is -0.402. The molecule has 1 aromatic carbocycles. The van der Waals surface area contributed by atoms with Gasteiger partial charge in [0.05, 0.1) is 11.8 Å². The van der Waals surface area contributed by atoms with E-state index in [4.69, 9.17) is 4.42 Å². The lowest BCUT2D eigenvalue weighted by Crippen LogP contribution is -2.54. The first-order chi connectivity index (χ1) is 12.9. The average Bonchev–Trinajstić information content (AvgIpc) is 3.07. The van der Waals surface area contributed by atoms with Crippen LogP contribution in [-0.2, 0) is 9.59 Å². The first-order valence-corrected chi connectivity index (χ1v) is 7.76. The third kappa shape index (κ3) is 3.66. The smallest absolute Gasteiger partial charge is 0.401 e. The number of carbonyl (C=O) groups is 3. The van der Waals surface area contributed by atoms with Crippen molar-refractivity contribution < 1.29 is 23.7 Å². The van der Waals surface area contributed by atoms with Crippen molar-refractivity contribution in [3.63, 3.8) is 0 Å². The van der Waals surface area contributed by atoms with Crippen LogP contribution in [0.4, 0.5) is 16.4 Å². The molecule has 9 nitrogen and oxygen atoms in total. The highest BCUT2D eigenvalue weighted by molar-refractivity contribution is 6.37. The zero-order chi connectivity index (χ0) is 19.6. The van der Waals surface area contributed by atoms with Gasteiger partial charge in [-0.3, -0.25) is 25.0 Å². The van der Waals surface area contributed by atoms with Crippen LogP contribution in [-0.4, -0.2) is 22.8 Å². The zero-order valence-corrected chi connectivity index (χ0v) is 14.0. The zero-order valence-electron chi connectivity index (χ0n) is 14.0. The molecule has 4 amide bonds. The molecule has 1 N–H and O–H groups in total. The third-order valence-corrected chi connectivity index (χ3v) is 3.68. The van der Waals surface area contributed by atoms with Crippen LogP contribution in [0, 0.1) is 17.0 Å². The van der Waals surface area contributed by atoms with E-state index in [9.17, 15) is 24.5 Å². The van der Waals surface area contributed by atoms with Crippen molar-refractivity contribution >= 4 is 35.5 Å². The average molecular weight is 367 g/mol. The van der Waals surface area contributed by atoms with Gasteiger partial charge in [0.2, 0.25) is 0 Å². The number of amides is 4. The maximum atomic E-state index is 12.6. The van der Waals surface area contributed by atoms with Crippen LogP contribution in [0.1, 0.15) is 11.3 Å². The highest BCUT2D eigenvalue weighted by Crippen LogP contribution is 2.22. The molecule has 0 unspecified atom stereocenters. The molecular weight excluding hydrogens is 354 g/mol. The van der Waals surface area contributed by atoms with Gasteiger partial charge in [-0.25, -0.2) is 9.69 Å². The molecule has 9 heteroatoms. The van der Waals surface area contributed by atoms with Gasteiger partial charge < -0.3 is 4.42 Å². The Kier molecular flexibility index (Phi) is 4.67. The fraction of sp³-hybridized carbons (Fsp3) is 0.0556. The van der Waals surface area contributed by atoms with Gasteiger partial charge in [-0.05, 0) is 42.8 Å². The molecular formula is C18H13N3O6. The number of hydrogen-bond acceptors (Lipinski definition) is 6. The van der Waals surface area contributed by atoms with Crippen molar-refractivity contribution in [3.05, 3.63) is 75.6 Å². The second kappa shape index (κ2) is 7.08. The summed E-state index contributed by atoms with van der Waals surface area (Å²) in [7, 11) is 0. The first kappa shape index (κ1) is 17.8. The number of benzene rings is 1. The van der Waals surface area contributed by atoms with Crippen molar-refractivity contribution in [1.82, 2.24) is 5.32 Å². The topological polar surface area (TPSA) is 123 Å². The van der Waals surface area contributed by atoms with Crippen LogP contribution in [0.25, 0.3) is 6.08 Å². The van der Waals surface area contributed by atoms with E-state index in [-0.39, 0.29) is 11.3 Å². The van der Waals surface area contributed by atoms with E-state index in [1.165, 1.54) is 30.4 Å². The van der Waals surface area contributed by atoms with Crippen LogP contribution < -0.4 is 10.2 Å². The maximum Gasteiger partial charge on any atom is 0.433 e. The molecule has 0 aliphatic carbocycles. The number of hydrogen-bond donors (Lipinski definition) is 1. The number of rotatable bonds is 4. The Morgan fingerprint density at radius 1 is 1.19 bits per heavy atom. The van der Waals surface area contributed by atoms with Gasteiger partial charge in [-0.1, -0.05) is 18.2 Å². The number of nitro groups is 1. The molecule has 1 aliphatic heterocycles. The van der Waals surface area contributed by atoms with Gasteiger partial charge in [0, 0.05) is 0 Å². The number of urea groups is 1. The summed E-state index contributed by atoms with van der Waals surface area (Å²) in [6.45, 7) is 1.81. The number of nitrogens with zero attached hydrogens (tertiary/aromatic N) is 2. The van der Waals surface area contributed by atoms with Gasteiger partial charge in [0.1, 0.15) is 16.3 Å². The van der Waals surface area contributed by atoms with Gasteiger partial charge >= 0.3 is 11.9 Å². The number of furan rings is 1. The summed E-state index contributed by atoms with van der Waals surface area (Å²) in [4.78, 5) is 47.5. The van der Waals surface area contributed by atoms with E-state index in [0.717, 1.165) is 10.5 Å². The Labute approximate surface area is 152 Å². The minimum Gasteiger partial charge on any atom is -0.401 e. The second-order valence-corrected chi connectivity index (χ2v) is 5.61. The van der Waals surface area contributed by atoms with Crippen molar-refractivity contribution in [2.75, 3.05) is 4.90 Å². The number of aryl methyl sites for hydroxylation is 1. The molecule has 1 fully saturated rings. The number of imide groups is 2. The van der Waals surface area contributed by atoms with Crippen molar-refractivity contribution in [1.29, 1.82) is 0 Å². The fourth-order valence-electron chi connectivity index (χ4n) is 2.45. The van der Waals surface area contributed by atoms with E-state index < -0.39 is 28.7 Å². The summed E-state index contributed by atoms with van der Waals surface area (Å²) in [5.41, 5.74) is 0.921. The molecule has 1 saturated heterocycles. The Hall–Kier alpha value is -4.01. The second-order valence-electron chi connectivity index (χ2n) is 5.61. The van der Waals surface area contributed by atoms with Crippen molar-refractivity contribution in [3.8, 4) is 0 Å². The van der Waals surface area contributed by atoms with E-state index in [1.807, 2.05) is 13.0 Å². The molecule has 0 spiro atoms. The Balaban J connectivity index is 1.87. The molecule has 27 heavy (non-hydrogen) atoms. The van der Waals surface area contributed by atoms with Crippen molar-refractivity contribution in [2.45, 2.75) is 6.92 Å². The highest BCUT2D eigenvalue weighted by atomic mass is 16.6. The molecule has 1 aromatic heterocycles. The molecule has 136 valence electrons. The quantitative estimate of drug-likeness (QED) is 0.384. The van der Waals surface area contributed by atoms with E-state index in [2.05, 4.69) is 5.32 Å². The molecule has 1 aliphatic rings. The lowest BCUT2D eigenvalue weighted by Gasteiger charge is -2.26. The molecule has 0 saturated carbocycles. The van der Waals surface area contributed by atoms with E-state index in [1.54, 1.807) is 18.2 Å². The highest BCUT2D eigenvalue weighted by Gasteiger charge is 2.36. The predicted octanol–water partition coefficient (Wildman–Crippen LogP) is 2.72. The Morgan fingerprint density at radius 2 is 1.96 bits per heavy atom. The molecule has 0 radical (unpaired) electrons. The number of nitrogens with one attached hydrogen (secondary N) is 1. The monoisotopic (exact) mass is 367 g/mol. The third-order valence-electron chi connectivity index (χ3n) is 3.68. The number of allylic oxidation sites excluding steroid dienone is 2. The predicted molar refractivity (Wildman–Crippen MR) is 94.7 cm³/mol. The maximum absolute atomic E-state index is 12.6. The summed E-state index contributed by atoms with van der Waals surface area (Å²) in [6.07, 6.45) is 3.90. The number of carbonyl (C=O) groups excluding carboxylic acids is 3. The minimum absolute atomic E-state index is 0.175. The number of barbiturate groups is 1. The number of anilines is 1. The van der Waals surface area contributed by atoms with Crippen LogP contribution in [0.3, 0.4) is 0 Å². The molecule has 2 aromatic rings. The van der Waals surface area contributed by atoms with Crippen molar-refractivity contribution in [2.24, 2.45) is 0 Å². The summed E-state index contributed by atoms with van der Waals surface area (Å²) >= 11 is 0. The molecule has 0 bridgehead atoms. The summed E-state index contributed by atoms with van der Waals surface area (Å²) in [6, 6.07) is 8.44. The van der Waals surface area contributed by atoms with Crippen LogP contribution in [0.5, 0.6) is 0 Å². The summed E-state index contributed by atoms with van der Waals surface area (Å²) in [5, 5.41) is 12.7. The van der Waals surface area contributed by atoms with E-state index in [0.29, 0.717) is 5.69 Å². The normalized spacial score (nSPS) is 16.3. The van der Waals surface area contributed by atoms with E-state index >= 15 is 0 Å². The van der Waals surface area contributed by atoms with Crippen LogP contribution in [0.2, 0.25) is 0 Å². The summed E-state index contributed by atoms with van der Waals surface area (Å²) < 4.78 is 4.94. The molecule has 0 atom stereocenters. The SMILES string of the molecule is Cc1cccc(N2C(=O)NC(=O)/C(=C\C=C\c3ccc([N+](=O)[O-])o3)C2=O)c1. The van der Waals surface area contributed by atoms with Crippen LogP contribution >= 0.6 is 0 Å². The Bertz CT molecular complexity index is 1020. The first-order valence-electron chi connectivity index (χ1n) is 7.76. The Morgan fingerprint density at radius 3 is 2.63 bits per heavy atom. The fourth-order valence-corrected chi connectivity index (χ4v) is 2.45. The van der Waals surface area contributed by atoms with Crippen LogP contribution in [0.15, 0.2) is 58.5 Å². The van der Waals surface area contributed by atoms with Gasteiger partial charge in [-0.15, -0.1) is 0 Å². The molecule has 2 heterocycles. The van der Waals surface area contributed by atoms with Gasteiger partial charge in [-0.2, -0.15) is 0 Å². The molecule has 3 rings (SSSR count). The minimum atomic E-state index is -0.835. The summed E-state index contributed by atoms with van der Waals surface area (Å²) in [5.74, 6) is -1.85. The standard InChI is InChI=1S/C18H13N3O6/c1-11-4-2-5-12(10-11)20-17(23)14(16(22)19-18(20)24)7-3-6-13-8-9-15(27-13)21(25)26/h2-10H,1H3,(H,19,22,24)/b6-3+,14-7+. The lowest BCUT2D eigenvalue weighted by atomic mass is 10.1. The van der Waals surface area contributed by atoms with Gasteiger partial charge in [0.25, 0.3) is 11.8 Å². The van der Waals surface area contributed by atoms with Gasteiger partial charge in [0.15, 0.2) is 0 Å².